The van der Waals surface area contributed by atoms with E-state index >= 15 is 0 Å². The molecule has 2 N–H and O–H groups in total. The fourth-order valence-electron chi connectivity index (χ4n) is 1.80. The fourth-order valence-corrected chi connectivity index (χ4v) is 1.97. The highest BCUT2D eigenvalue weighted by atomic mass is 35.5. The van der Waals surface area contributed by atoms with Crippen LogP contribution in [-0.4, -0.2) is 23.4 Å². The van der Waals surface area contributed by atoms with Crippen LogP contribution >= 0.6 is 11.6 Å². The third-order valence-electron chi connectivity index (χ3n) is 3.00. The largest absolute Gasteiger partial charge is 0.379 e. The zero-order valence-corrected chi connectivity index (χ0v) is 11.7. The molecule has 0 spiro atoms. The van der Waals surface area contributed by atoms with Crippen molar-refractivity contribution in [3.8, 4) is 0 Å². The first-order chi connectivity index (χ1) is 9.56. The number of nitrogens with zero attached hydrogens (tertiary/aromatic N) is 1. The number of anilines is 1. The molecule has 1 aromatic rings. The first-order valence-electron chi connectivity index (χ1n) is 6.53. The Bertz CT molecular complexity index is 518. The van der Waals surface area contributed by atoms with Gasteiger partial charge in [-0.3, -0.25) is 14.9 Å². The second-order valence-corrected chi connectivity index (χ2v) is 5.23. The summed E-state index contributed by atoms with van der Waals surface area (Å²) in [5, 5.41) is 17.1. The fraction of sp³-hybridized carbons (Fsp3) is 0.462. The van der Waals surface area contributed by atoms with Gasteiger partial charge in [0.1, 0.15) is 5.69 Å². The molecule has 0 unspecified atom stereocenters. The van der Waals surface area contributed by atoms with Crippen molar-refractivity contribution in [2.24, 2.45) is 0 Å². The zero-order valence-electron chi connectivity index (χ0n) is 10.9. The number of rotatable bonds is 7. The summed E-state index contributed by atoms with van der Waals surface area (Å²) in [6.45, 7) is 0.501. The smallest absolute Gasteiger partial charge is 0.293 e. The number of amides is 1. The topological polar surface area (TPSA) is 84.3 Å². The van der Waals surface area contributed by atoms with Crippen molar-refractivity contribution in [2.75, 3.05) is 11.9 Å². The van der Waals surface area contributed by atoms with Crippen molar-refractivity contribution < 1.29 is 9.72 Å². The van der Waals surface area contributed by atoms with E-state index in [0.29, 0.717) is 36.1 Å². The van der Waals surface area contributed by atoms with E-state index in [1.165, 1.54) is 6.07 Å². The molecular formula is C13H16ClN3O3. The Labute approximate surface area is 121 Å². The molecule has 1 aromatic carbocycles. The number of hydrogen-bond acceptors (Lipinski definition) is 4. The van der Waals surface area contributed by atoms with Crippen LogP contribution in [0.3, 0.4) is 0 Å². The maximum atomic E-state index is 11.5. The standard InChI is InChI=1S/C13H16ClN3O3/c14-9-3-6-11(12(8-9)17(19)20)15-7-1-2-13(18)16-10-4-5-10/h3,6,8,10,15H,1-2,4-5,7H2,(H,16,18). The van der Waals surface area contributed by atoms with Gasteiger partial charge in [-0.15, -0.1) is 0 Å². The monoisotopic (exact) mass is 297 g/mol. The van der Waals surface area contributed by atoms with Crippen LogP contribution in [0.1, 0.15) is 25.7 Å². The molecule has 0 aliphatic heterocycles. The number of nitro benzene ring substituents is 1. The van der Waals surface area contributed by atoms with E-state index in [1.54, 1.807) is 12.1 Å². The van der Waals surface area contributed by atoms with Crippen LogP contribution in [0, 0.1) is 10.1 Å². The minimum absolute atomic E-state index is 0.0416. The molecule has 108 valence electrons. The Morgan fingerprint density at radius 1 is 1.45 bits per heavy atom. The van der Waals surface area contributed by atoms with E-state index in [0.717, 1.165) is 12.8 Å². The zero-order chi connectivity index (χ0) is 14.5. The lowest BCUT2D eigenvalue weighted by atomic mass is 10.2. The van der Waals surface area contributed by atoms with Crippen LogP contribution < -0.4 is 10.6 Å². The van der Waals surface area contributed by atoms with Crippen LogP contribution in [0.4, 0.5) is 11.4 Å². The third kappa shape index (κ3) is 4.38. The second kappa shape index (κ2) is 6.56. The Kier molecular flexibility index (Phi) is 4.79. The van der Waals surface area contributed by atoms with Gasteiger partial charge in [0.2, 0.25) is 5.91 Å². The molecule has 20 heavy (non-hydrogen) atoms. The van der Waals surface area contributed by atoms with E-state index in [-0.39, 0.29) is 11.6 Å². The summed E-state index contributed by atoms with van der Waals surface area (Å²) in [6, 6.07) is 4.85. The maximum Gasteiger partial charge on any atom is 0.293 e. The predicted octanol–water partition coefficient (Wildman–Crippen LogP) is 2.72. The SMILES string of the molecule is O=C(CCCNc1ccc(Cl)cc1[N+](=O)[O-])NC1CC1. The van der Waals surface area contributed by atoms with Gasteiger partial charge in [-0.2, -0.15) is 0 Å². The number of benzene rings is 1. The molecule has 1 amide bonds. The van der Waals surface area contributed by atoms with Gasteiger partial charge in [0, 0.05) is 30.1 Å². The average Bonchev–Trinajstić information content (AvgIpc) is 3.19. The van der Waals surface area contributed by atoms with Crippen molar-refractivity contribution in [3.05, 3.63) is 33.3 Å². The van der Waals surface area contributed by atoms with Gasteiger partial charge < -0.3 is 10.6 Å². The summed E-state index contributed by atoms with van der Waals surface area (Å²) in [5.41, 5.74) is 0.363. The summed E-state index contributed by atoms with van der Waals surface area (Å²) >= 11 is 5.73. The number of carbonyl (C=O) groups is 1. The molecule has 0 heterocycles. The average molecular weight is 298 g/mol. The molecule has 0 aromatic heterocycles. The second-order valence-electron chi connectivity index (χ2n) is 4.79. The lowest BCUT2D eigenvalue weighted by molar-refractivity contribution is -0.383. The molecule has 0 atom stereocenters. The van der Waals surface area contributed by atoms with Crippen molar-refractivity contribution in [1.29, 1.82) is 0 Å². The van der Waals surface area contributed by atoms with E-state index in [1.807, 2.05) is 0 Å². The number of hydrogen-bond donors (Lipinski definition) is 2. The number of halogens is 1. The summed E-state index contributed by atoms with van der Waals surface area (Å²) in [7, 11) is 0. The molecule has 0 radical (unpaired) electrons. The number of carbonyl (C=O) groups excluding carboxylic acids is 1. The minimum Gasteiger partial charge on any atom is -0.379 e. The third-order valence-corrected chi connectivity index (χ3v) is 3.23. The predicted molar refractivity (Wildman–Crippen MR) is 77.0 cm³/mol. The first-order valence-corrected chi connectivity index (χ1v) is 6.91. The van der Waals surface area contributed by atoms with Crippen molar-refractivity contribution in [2.45, 2.75) is 31.7 Å². The Morgan fingerprint density at radius 2 is 2.20 bits per heavy atom. The Morgan fingerprint density at radius 3 is 2.85 bits per heavy atom. The number of nitrogens with one attached hydrogen (secondary N) is 2. The lowest BCUT2D eigenvalue weighted by Crippen LogP contribution is -2.25. The molecule has 0 saturated heterocycles. The summed E-state index contributed by atoms with van der Waals surface area (Å²) in [4.78, 5) is 21.9. The molecule has 0 bridgehead atoms. The molecular weight excluding hydrogens is 282 g/mol. The molecule has 1 fully saturated rings. The van der Waals surface area contributed by atoms with Crippen LogP contribution in [-0.2, 0) is 4.79 Å². The van der Waals surface area contributed by atoms with E-state index < -0.39 is 4.92 Å². The highest BCUT2D eigenvalue weighted by Crippen LogP contribution is 2.27. The highest BCUT2D eigenvalue weighted by molar-refractivity contribution is 6.30. The summed E-state index contributed by atoms with van der Waals surface area (Å²) in [5.74, 6) is 0.0416. The van der Waals surface area contributed by atoms with E-state index in [2.05, 4.69) is 10.6 Å². The Balaban J connectivity index is 1.78. The van der Waals surface area contributed by atoms with Crippen LogP contribution in [0.25, 0.3) is 0 Å². The summed E-state index contributed by atoms with van der Waals surface area (Å²) in [6.07, 6.45) is 3.19. The summed E-state index contributed by atoms with van der Waals surface area (Å²) < 4.78 is 0. The van der Waals surface area contributed by atoms with E-state index in [4.69, 9.17) is 11.6 Å². The minimum atomic E-state index is -0.478. The van der Waals surface area contributed by atoms with Gasteiger partial charge in [-0.25, -0.2) is 0 Å². The van der Waals surface area contributed by atoms with Crippen molar-refractivity contribution in [1.82, 2.24) is 5.32 Å². The quantitative estimate of drug-likeness (QED) is 0.460. The first kappa shape index (κ1) is 14.6. The van der Waals surface area contributed by atoms with Gasteiger partial charge in [0.25, 0.3) is 5.69 Å². The normalized spacial score (nSPS) is 13.8. The lowest BCUT2D eigenvalue weighted by Gasteiger charge is -2.07. The van der Waals surface area contributed by atoms with Gasteiger partial charge in [0.05, 0.1) is 4.92 Å². The number of nitro groups is 1. The molecule has 2 rings (SSSR count). The van der Waals surface area contributed by atoms with Crippen LogP contribution in [0.5, 0.6) is 0 Å². The molecule has 1 saturated carbocycles. The molecule has 1 aliphatic rings. The van der Waals surface area contributed by atoms with Crippen LogP contribution in [0.2, 0.25) is 5.02 Å². The van der Waals surface area contributed by atoms with Crippen LogP contribution in [0.15, 0.2) is 18.2 Å². The van der Waals surface area contributed by atoms with Crippen molar-refractivity contribution in [3.63, 3.8) is 0 Å². The molecule has 6 nitrogen and oxygen atoms in total. The van der Waals surface area contributed by atoms with Crippen molar-refractivity contribution >= 4 is 28.9 Å². The van der Waals surface area contributed by atoms with E-state index in [9.17, 15) is 14.9 Å². The van der Waals surface area contributed by atoms with Gasteiger partial charge in [-0.05, 0) is 31.4 Å². The Hall–Kier alpha value is -1.82. The maximum absolute atomic E-state index is 11.5. The molecule has 7 heteroatoms. The van der Waals surface area contributed by atoms with Gasteiger partial charge >= 0.3 is 0 Å². The molecule has 1 aliphatic carbocycles. The van der Waals surface area contributed by atoms with Gasteiger partial charge in [0.15, 0.2) is 0 Å². The van der Waals surface area contributed by atoms with Gasteiger partial charge in [-0.1, -0.05) is 11.6 Å². The highest BCUT2D eigenvalue weighted by Gasteiger charge is 2.22.